The highest BCUT2D eigenvalue weighted by molar-refractivity contribution is 4.60. The van der Waals surface area contributed by atoms with Gasteiger partial charge in [-0.2, -0.15) is 0 Å². The van der Waals surface area contributed by atoms with Crippen molar-refractivity contribution in [1.82, 2.24) is 4.90 Å². The highest BCUT2D eigenvalue weighted by Crippen LogP contribution is 2.05. The van der Waals surface area contributed by atoms with Crippen LogP contribution in [-0.4, -0.2) is 50.0 Å². The smallest absolute Gasteiger partial charge is 0.0600 e. The Bertz CT molecular complexity index is 166. The summed E-state index contributed by atoms with van der Waals surface area (Å²) < 4.78 is 11.3. The molecule has 0 aromatic heterocycles. The fraction of sp³-hybridized carbons (Fsp3) is 1.00. The molecule has 0 amide bonds. The summed E-state index contributed by atoms with van der Waals surface area (Å²) in [6.45, 7) is 14.0. The largest absolute Gasteiger partial charge is 0.377 e. The number of nitrogens with zero attached hydrogens (tertiary/aromatic N) is 1. The van der Waals surface area contributed by atoms with Crippen LogP contribution in [0.3, 0.4) is 0 Å². The maximum Gasteiger partial charge on any atom is 0.0600 e. The maximum absolute atomic E-state index is 5.67. The van der Waals surface area contributed by atoms with Crippen LogP contribution in [0.15, 0.2) is 0 Å². The number of hydrogen-bond donors (Lipinski definition) is 0. The second-order valence-electron chi connectivity index (χ2n) is 5.35. The summed E-state index contributed by atoms with van der Waals surface area (Å²) in [7, 11) is 2.10. The lowest BCUT2D eigenvalue weighted by molar-refractivity contribution is -0.0149. The van der Waals surface area contributed by atoms with Gasteiger partial charge in [0.25, 0.3) is 0 Å². The van der Waals surface area contributed by atoms with E-state index in [2.05, 4.69) is 46.6 Å². The molecule has 0 N–H and O–H groups in total. The zero-order valence-corrected chi connectivity index (χ0v) is 11.9. The monoisotopic (exact) mass is 231 g/mol. The zero-order valence-electron chi connectivity index (χ0n) is 11.9. The summed E-state index contributed by atoms with van der Waals surface area (Å²) in [5.41, 5.74) is -0.0337. The van der Waals surface area contributed by atoms with Crippen LogP contribution >= 0.6 is 0 Å². The van der Waals surface area contributed by atoms with Crippen molar-refractivity contribution in [1.29, 1.82) is 0 Å². The van der Waals surface area contributed by atoms with Crippen LogP contribution < -0.4 is 0 Å². The van der Waals surface area contributed by atoms with Gasteiger partial charge in [-0.1, -0.05) is 6.92 Å². The van der Waals surface area contributed by atoms with Crippen LogP contribution in [0.1, 0.15) is 41.0 Å². The van der Waals surface area contributed by atoms with Crippen molar-refractivity contribution in [2.24, 2.45) is 0 Å². The second-order valence-corrected chi connectivity index (χ2v) is 5.35. The molecular formula is C13H29NO2. The molecule has 0 rings (SSSR count). The van der Waals surface area contributed by atoms with E-state index in [9.17, 15) is 0 Å². The summed E-state index contributed by atoms with van der Waals surface area (Å²) in [5.74, 6) is 0. The third-order valence-electron chi connectivity index (χ3n) is 2.46. The lowest BCUT2D eigenvalue weighted by atomic mass is 10.2. The summed E-state index contributed by atoms with van der Waals surface area (Å²) in [5, 5.41) is 0. The van der Waals surface area contributed by atoms with E-state index < -0.39 is 0 Å². The lowest BCUT2D eigenvalue weighted by Crippen LogP contribution is -2.31. The summed E-state index contributed by atoms with van der Waals surface area (Å²) in [6.07, 6.45) is 1.45. The van der Waals surface area contributed by atoms with Crippen LogP contribution in [0.5, 0.6) is 0 Å². The van der Waals surface area contributed by atoms with Crippen molar-refractivity contribution in [2.75, 3.05) is 33.4 Å². The number of rotatable bonds is 8. The molecule has 0 bridgehead atoms. The number of ether oxygens (including phenoxy) is 2. The topological polar surface area (TPSA) is 21.7 Å². The van der Waals surface area contributed by atoms with Gasteiger partial charge in [-0.05, 0) is 41.2 Å². The number of likely N-dealkylation sites (N-methyl/N-ethyl adjacent to an activating group) is 1. The highest BCUT2D eigenvalue weighted by Gasteiger charge is 2.10. The lowest BCUT2D eigenvalue weighted by Gasteiger charge is -2.23. The van der Waals surface area contributed by atoms with E-state index in [0.717, 1.165) is 32.7 Å². The Kier molecular flexibility index (Phi) is 7.98. The fourth-order valence-corrected chi connectivity index (χ4v) is 1.15. The van der Waals surface area contributed by atoms with Crippen LogP contribution in [-0.2, 0) is 9.47 Å². The molecule has 1 atom stereocenters. The molecule has 0 heterocycles. The Morgan fingerprint density at radius 3 is 2.19 bits per heavy atom. The van der Waals surface area contributed by atoms with Crippen molar-refractivity contribution >= 4 is 0 Å². The van der Waals surface area contributed by atoms with Crippen LogP contribution in [0.25, 0.3) is 0 Å². The van der Waals surface area contributed by atoms with Gasteiger partial charge in [-0.25, -0.2) is 0 Å². The first-order valence-electron chi connectivity index (χ1n) is 6.29. The molecule has 0 aromatic rings. The van der Waals surface area contributed by atoms with Gasteiger partial charge < -0.3 is 14.4 Å². The molecular weight excluding hydrogens is 202 g/mol. The van der Waals surface area contributed by atoms with E-state index in [1.165, 1.54) is 0 Å². The molecule has 0 aliphatic rings. The Hall–Kier alpha value is -0.120. The minimum absolute atomic E-state index is 0.0337. The van der Waals surface area contributed by atoms with Gasteiger partial charge in [-0.15, -0.1) is 0 Å². The average molecular weight is 231 g/mol. The third-order valence-corrected chi connectivity index (χ3v) is 2.46. The van der Waals surface area contributed by atoms with Gasteiger partial charge in [0.1, 0.15) is 0 Å². The van der Waals surface area contributed by atoms with Gasteiger partial charge in [0.2, 0.25) is 0 Å². The molecule has 3 nitrogen and oxygen atoms in total. The van der Waals surface area contributed by atoms with Crippen molar-refractivity contribution in [3.8, 4) is 0 Å². The second kappa shape index (κ2) is 8.04. The highest BCUT2D eigenvalue weighted by atomic mass is 16.5. The van der Waals surface area contributed by atoms with Gasteiger partial charge in [0.15, 0.2) is 0 Å². The molecule has 0 aliphatic carbocycles. The van der Waals surface area contributed by atoms with Gasteiger partial charge in [0, 0.05) is 13.1 Å². The maximum atomic E-state index is 5.67. The molecule has 0 aromatic carbocycles. The SMILES string of the molecule is CCC(C)OCCN(C)CCOC(C)(C)C. The number of hydrogen-bond acceptors (Lipinski definition) is 3. The van der Waals surface area contributed by atoms with E-state index in [1.54, 1.807) is 0 Å². The molecule has 3 heteroatoms. The molecule has 0 radical (unpaired) electrons. The van der Waals surface area contributed by atoms with E-state index in [-0.39, 0.29) is 5.60 Å². The summed E-state index contributed by atoms with van der Waals surface area (Å²) in [4.78, 5) is 2.24. The Morgan fingerprint density at radius 1 is 1.12 bits per heavy atom. The molecule has 0 aliphatic heterocycles. The van der Waals surface area contributed by atoms with Crippen molar-refractivity contribution in [2.45, 2.75) is 52.7 Å². The van der Waals surface area contributed by atoms with Crippen LogP contribution in [0.2, 0.25) is 0 Å². The minimum atomic E-state index is -0.0337. The van der Waals surface area contributed by atoms with Gasteiger partial charge in [-0.3, -0.25) is 0 Å². The predicted octanol–water partition coefficient (Wildman–Crippen LogP) is 2.55. The first kappa shape index (κ1) is 15.9. The zero-order chi connectivity index (χ0) is 12.6. The van der Waals surface area contributed by atoms with E-state index >= 15 is 0 Å². The molecule has 98 valence electrons. The van der Waals surface area contributed by atoms with Crippen molar-refractivity contribution in [3.05, 3.63) is 0 Å². The predicted molar refractivity (Wildman–Crippen MR) is 68.9 cm³/mol. The molecule has 1 unspecified atom stereocenters. The van der Waals surface area contributed by atoms with Crippen LogP contribution in [0, 0.1) is 0 Å². The normalized spacial score (nSPS) is 14.4. The molecule has 0 saturated carbocycles. The summed E-state index contributed by atoms with van der Waals surface area (Å²) in [6, 6.07) is 0. The Labute approximate surface area is 101 Å². The first-order chi connectivity index (χ1) is 7.35. The van der Waals surface area contributed by atoms with E-state index in [1.807, 2.05) is 0 Å². The first-order valence-corrected chi connectivity index (χ1v) is 6.29. The molecule has 0 saturated heterocycles. The average Bonchev–Trinajstić information content (AvgIpc) is 2.15. The molecule has 0 spiro atoms. The molecule has 0 fully saturated rings. The van der Waals surface area contributed by atoms with Crippen molar-refractivity contribution < 1.29 is 9.47 Å². The van der Waals surface area contributed by atoms with Gasteiger partial charge in [0.05, 0.1) is 24.9 Å². The minimum Gasteiger partial charge on any atom is -0.377 e. The Balaban J connectivity index is 3.41. The quantitative estimate of drug-likeness (QED) is 0.641. The standard InChI is InChI=1S/C13H29NO2/c1-7-12(2)15-10-8-14(6)9-11-16-13(3,4)5/h12H,7-11H2,1-6H3. The van der Waals surface area contributed by atoms with Crippen LogP contribution in [0.4, 0.5) is 0 Å². The third kappa shape index (κ3) is 10.4. The van der Waals surface area contributed by atoms with Gasteiger partial charge >= 0.3 is 0 Å². The van der Waals surface area contributed by atoms with E-state index in [0.29, 0.717) is 6.10 Å². The molecule has 16 heavy (non-hydrogen) atoms. The fourth-order valence-electron chi connectivity index (χ4n) is 1.15. The Morgan fingerprint density at radius 2 is 1.69 bits per heavy atom. The summed E-state index contributed by atoms with van der Waals surface area (Å²) >= 11 is 0. The van der Waals surface area contributed by atoms with Crippen molar-refractivity contribution in [3.63, 3.8) is 0 Å². The van der Waals surface area contributed by atoms with E-state index in [4.69, 9.17) is 9.47 Å².